The molecule has 0 spiro atoms. The first-order chi connectivity index (χ1) is 13.3. The number of amides is 1. The van der Waals surface area contributed by atoms with Crippen molar-refractivity contribution >= 4 is 22.9 Å². The maximum absolute atomic E-state index is 13.6. The summed E-state index contributed by atoms with van der Waals surface area (Å²) in [6, 6.07) is 4.48. The highest BCUT2D eigenvalue weighted by Crippen LogP contribution is 2.34. The monoisotopic (exact) mass is 408 g/mol. The molecule has 3 aromatic heterocycles. The first-order valence-corrected chi connectivity index (χ1v) is 9.98. The summed E-state index contributed by atoms with van der Waals surface area (Å²) < 4.78 is 41.7. The molecule has 1 aliphatic rings. The number of nitrogens with zero attached hydrogens (tertiary/aromatic N) is 4. The number of carbonyl (C=O) groups is 1. The second-order valence-electron chi connectivity index (χ2n) is 7.14. The third-order valence-electron chi connectivity index (χ3n) is 5.19. The van der Waals surface area contributed by atoms with Crippen molar-refractivity contribution in [2.24, 2.45) is 0 Å². The molecule has 1 aliphatic heterocycles. The lowest BCUT2D eigenvalue weighted by atomic mass is 9.97. The number of carbonyl (C=O) groups excluding carboxylic acids is 1. The average molecular weight is 408 g/mol. The molecule has 28 heavy (non-hydrogen) atoms. The Labute approximate surface area is 163 Å². The topological polar surface area (TPSA) is 50.5 Å². The van der Waals surface area contributed by atoms with Crippen LogP contribution in [0.25, 0.3) is 16.2 Å². The Morgan fingerprint density at radius 1 is 1.25 bits per heavy atom. The van der Waals surface area contributed by atoms with Gasteiger partial charge < -0.3 is 4.90 Å². The number of hydrogen-bond acceptors (Lipinski definition) is 4. The zero-order valence-corrected chi connectivity index (χ0v) is 16.2. The van der Waals surface area contributed by atoms with E-state index in [0.29, 0.717) is 4.88 Å². The summed E-state index contributed by atoms with van der Waals surface area (Å²) in [4.78, 5) is 19.9. The maximum Gasteiger partial charge on any atom is 0.433 e. The van der Waals surface area contributed by atoms with E-state index in [1.54, 1.807) is 22.4 Å². The van der Waals surface area contributed by atoms with Crippen molar-refractivity contribution in [1.82, 2.24) is 19.5 Å². The molecule has 148 valence electrons. The van der Waals surface area contributed by atoms with Crippen LogP contribution in [0.15, 0.2) is 29.8 Å². The van der Waals surface area contributed by atoms with Crippen LogP contribution in [0.4, 0.5) is 13.2 Å². The van der Waals surface area contributed by atoms with Gasteiger partial charge in [0, 0.05) is 12.1 Å². The Kier molecular flexibility index (Phi) is 4.65. The van der Waals surface area contributed by atoms with Crippen molar-refractivity contribution in [1.29, 1.82) is 0 Å². The summed E-state index contributed by atoms with van der Waals surface area (Å²) in [6.07, 6.45) is -0.648. The second-order valence-corrected chi connectivity index (χ2v) is 8.08. The van der Waals surface area contributed by atoms with Crippen LogP contribution < -0.4 is 0 Å². The lowest BCUT2D eigenvalue weighted by Gasteiger charge is -2.38. The van der Waals surface area contributed by atoms with Crippen LogP contribution in [-0.4, -0.2) is 37.5 Å². The Morgan fingerprint density at radius 2 is 1.96 bits per heavy atom. The normalized spacial score (nSPS) is 20.7. The van der Waals surface area contributed by atoms with Crippen LogP contribution >= 0.6 is 11.3 Å². The van der Waals surface area contributed by atoms with Crippen molar-refractivity contribution < 1.29 is 18.0 Å². The Bertz CT molecular complexity index is 1000. The number of rotatable bonds is 2. The van der Waals surface area contributed by atoms with Gasteiger partial charge in [-0.1, -0.05) is 6.07 Å². The van der Waals surface area contributed by atoms with E-state index in [1.165, 1.54) is 17.5 Å². The highest BCUT2D eigenvalue weighted by Gasteiger charge is 2.37. The summed E-state index contributed by atoms with van der Waals surface area (Å²) in [5.41, 5.74) is -0.721. The summed E-state index contributed by atoms with van der Waals surface area (Å²) in [5, 5.41) is 5.64. The van der Waals surface area contributed by atoms with Crippen molar-refractivity contribution in [3.05, 3.63) is 41.0 Å². The molecule has 9 heteroatoms. The minimum absolute atomic E-state index is 0.0220. The summed E-state index contributed by atoms with van der Waals surface area (Å²) in [7, 11) is 0. The highest BCUT2D eigenvalue weighted by molar-refractivity contribution is 7.13. The van der Waals surface area contributed by atoms with Gasteiger partial charge in [0.1, 0.15) is 5.56 Å². The number of likely N-dealkylation sites (tertiary alicyclic amines) is 1. The molecule has 0 saturated carbocycles. The predicted octanol–water partition coefficient (Wildman–Crippen LogP) is 4.88. The van der Waals surface area contributed by atoms with Crippen LogP contribution in [0, 0.1) is 0 Å². The molecule has 0 unspecified atom stereocenters. The van der Waals surface area contributed by atoms with E-state index in [0.717, 1.165) is 29.8 Å². The number of fused-ring (bicyclic) bond motifs is 1. The molecule has 0 aliphatic carbocycles. The standard InChI is InChI=1S/C19H19F3N4OS/c1-11-5-3-6-12(2)25(11)18(27)13-10-23-26-16(19(20,21)22)9-14(24-17(13)26)15-7-4-8-28-15/h4,7-12H,3,5-6H2,1-2H3/t11-,12-/m0/s1. The van der Waals surface area contributed by atoms with E-state index >= 15 is 0 Å². The van der Waals surface area contributed by atoms with Gasteiger partial charge in [0.25, 0.3) is 5.91 Å². The number of aromatic nitrogens is 3. The Balaban J connectivity index is 1.88. The number of thiophene rings is 1. The average Bonchev–Trinajstić information content (AvgIpc) is 3.29. The molecule has 0 aromatic carbocycles. The third-order valence-corrected chi connectivity index (χ3v) is 6.09. The van der Waals surface area contributed by atoms with Gasteiger partial charge in [0.05, 0.1) is 16.8 Å². The van der Waals surface area contributed by atoms with Gasteiger partial charge in [-0.2, -0.15) is 18.3 Å². The molecule has 2 atom stereocenters. The first kappa shape index (κ1) is 18.9. The molecular weight excluding hydrogens is 389 g/mol. The third kappa shape index (κ3) is 3.17. The molecular formula is C19H19F3N4OS. The molecule has 0 radical (unpaired) electrons. The largest absolute Gasteiger partial charge is 0.433 e. The zero-order chi connectivity index (χ0) is 20.1. The second kappa shape index (κ2) is 6.88. The van der Waals surface area contributed by atoms with E-state index in [9.17, 15) is 18.0 Å². The van der Waals surface area contributed by atoms with Crippen molar-refractivity contribution in [3.63, 3.8) is 0 Å². The van der Waals surface area contributed by atoms with Crippen molar-refractivity contribution in [2.75, 3.05) is 0 Å². The van der Waals surface area contributed by atoms with Gasteiger partial charge in [-0.25, -0.2) is 9.50 Å². The quantitative estimate of drug-likeness (QED) is 0.607. The van der Waals surface area contributed by atoms with Crippen LogP contribution in [0.2, 0.25) is 0 Å². The number of piperidine rings is 1. The van der Waals surface area contributed by atoms with Crippen LogP contribution in [0.5, 0.6) is 0 Å². The molecule has 0 N–H and O–H groups in total. The number of hydrogen-bond donors (Lipinski definition) is 0. The Morgan fingerprint density at radius 3 is 2.57 bits per heavy atom. The van der Waals surface area contributed by atoms with Gasteiger partial charge in [-0.3, -0.25) is 4.79 Å². The fourth-order valence-corrected chi connectivity index (χ4v) is 4.51. The molecule has 4 heterocycles. The number of halogens is 3. The van der Waals surface area contributed by atoms with E-state index < -0.39 is 11.9 Å². The lowest BCUT2D eigenvalue weighted by Crippen LogP contribution is -2.47. The van der Waals surface area contributed by atoms with E-state index in [4.69, 9.17) is 0 Å². The predicted molar refractivity (Wildman–Crippen MR) is 100 cm³/mol. The molecule has 4 rings (SSSR count). The maximum atomic E-state index is 13.6. The van der Waals surface area contributed by atoms with E-state index in [2.05, 4.69) is 10.1 Å². The summed E-state index contributed by atoms with van der Waals surface area (Å²) in [5.74, 6) is -0.321. The van der Waals surface area contributed by atoms with Gasteiger partial charge in [0.2, 0.25) is 0 Å². The fraction of sp³-hybridized carbons (Fsp3) is 0.421. The van der Waals surface area contributed by atoms with Crippen molar-refractivity contribution in [3.8, 4) is 10.6 Å². The number of alkyl halides is 3. The van der Waals surface area contributed by atoms with Gasteiger partial charge in [0.15, 0.2) is 11.3 Å². The van der Waals surface area contributed by atoms with Gasteiger partial charge in [-0.15, -0.1) is 11.3 Å². The first-order valence-electron chi connectivity index (χ1n) is 9.10. The molecule has 5 nitrogen and oxygen atoms in total. The lowest BCUT2D eigenvalue weighted by molar-refractivity contribution is -0.142. The molecule has 1 amide bonds. The van der Waals surface area contributed by atoms with Gasteiger partial charge >= 0.3 is 6.18 Å². The SMILES string of the molecule is C[C@H]1CCC[C@H](C)N1C(=O)c1cnn2c(C(F)(F)F)cc(-c3cccs3)nc12. The molecule has 1 saturated heterocycles. The molecule has 3 aromatic rings. The fourth-order valence-electron chi connectivity index (χ4n) is 3.83. The van der Waals surface area contributed by atoms with E-state index in [1.807, 2.05) is 13.8 Å². The summed E-state index contributed by atoms with van der Waals surface area (Å²) in [6.45, 7) is 3.93. The van der Waals surface area contributed by atoms with Crippen molar-refractivity contribution in [2.45, 2.75) is 51.4 Å². The summed E-state index contributed by atoms with van der Waals surface area (Å²) >= 11 is 1.29. The molecule has 1 fully saturated rings. The minimum atomic E-state index is -4.62. The highest BCUT2D eigenvalue weighted by atomic mass is 32.1. The molecule has 0 bridgehead atoms. The minimum Gasteiger partial charge on any atom is -0.333 e. The Hall–Kier alpha value is -2.42. The van der Waals surface area contributed by atoms with Crippen LogP contribution in [0.1, 0.15) is 49.2 Å². The van der Waals surface area contributed by atoms with Crippen LogP contribution in [0.3, 0.4) is 0 Å². The van der Waals surface area contributed by atoms with E-state index in [-0.39, 0.29) is 34.9 Å². The van der Waals surface area contributed by atoms with Crippen LogP contribution in [-0.2, 0) is 6.18 Å². The van der Waals surface area contributed by atoms with Gasteiger partial charge in [-0.05, 0) is 50.6 Å². The smallest absolute Gasteiger partial charge is 0.333 e. The zero-order valence-electron chi connectivity index (χ0n) is 15.4.